The van der Waals surface area contributed by atoms with E-state index in [1.807, 2.05) is 32.0 Å². The molecule has 0 aliphatic heterocycles. The van der Waals surface area contributed by atoms with Gasteiger partial charge < -0.3 is 15.5 Å². The Bertz CT molecular complexity index is 830. The number of benzene rings is 2. The number of halogens is 1. The molecular formula is C20H22FN3O3. The van der Waals surface area contributed by atoms with Gasteiger partial charge in [0.15, 0.2) is 0 Å². The van der Waals surface area contributed by atoms with E-state index in [-0.39, 0.29) is 24.6 Å². The van der Waals surface area contributed by atoms with Crippen LogP contribution < -0.4 is 10.6 Å². The standard InChI is InChI=1S/C20H22FN3O3/c1-13-5-4-6-14(2)19(13)23-17(25)12-24(3)18(26)11-22-20(27)15-7-9-16(21)10-8-15/h4-10H,11-12H2,1-3H3,(H,22,27)(H,23,25). The molecule has 0 heterocycles. The normalized spacial score (nSPS) is 10.2. The van der Waals surface area contributed by atoms with Crippen LogP contribution in [0.2, 0.25) is 0 Å². The summed E-state index contributed by atoms with van der Waals surface area (Å²) in [6.45, 7) is 3.38. The molecule has 0 bridgehead atoms. The van der Waals surface area contributed by atoms with Crippen molar-refractivity contribution in [3.8, 4) is 0 Å². The Kier molecular flexibility index (Phi) is 6.65. The van der Waals surface area contributed by atoms with E-state index in [0.29, 0.717) is 0 Å². The number of rotatable bonds is 6. The second kappa shape index (κ2) is 8.93. The zero-order valence-corrected chi connectivity index (χ0v) is 15.5. The van der Waals surface area contributed by atoms with Crippen molar-refractivity contribution in [3.63, 3.8) is 0 Å². The third kappa shape index (κ3) is 5.64. The number of amides is 3. The van der Waals surface area contributed by atoms with Gasteiger partial charge in [-0.05, 0) is 49.2 Å². The second-order valence-electron chi connectivity index (χ2n) is 6.25. The summed E-state index contributed by atoms with van der Waals surface area (Å²) in [5.41, 5.74) is 2.85. The van der Waals surface area contributed by atoms with Gasteiger partial charge in [0.2, 0.25) is 11.8 Å². The quantitative estimate of drug-likeness (QED) is 0.818. The summed E-state index contributed by atoms with van der Waals surface area (Å²) in [5.74, 6) is -1.68. The maximum Gasteiger partial charge on any atom is 0.251 e. The molecule has 0 saturated heterocycles. The summed E-state index contributed by atoms with van der Waals surface area (Å²) in [6.07, 6.45) is 0. The van der Waals surface area contributed by atoms with Crippen LogP contribution in [0.15, 0.2) is 42.5 Å². The number of nitrogens with one attached hydrogen (secondary N) is 2. The van der Waals surface area contributed by atoms with Gasteiger partial charge in [0, 0.05) is 18.3 Å². The zero-order valence-electron chi connectivity index (χ0n) is 15.5. The van der Waals surface area contributed by atoms with E-state index in [1.54, 1.807) is 0 Å². The maximum atomic E-state index is 12.9. The van der Waals surface area contributed by atoms with Crippen LogP contribution >= 0.6 is 0 Å². The Hall–Kier alpha value is -3.22. The first-order chi connectivity index (χ1) is 12.8. The fourth-order valence-corrected chi connectivity index (χ4v) is 2.49. The van der Waals surface area contributed by atoms with Gasteiger partial charge in [-0.25, -0.2) is 4.39 Å². The SMILES string of the molecule is Cc1cccc(C)c1NC(=O)CN(C)C(=O)CNC(=O)c1ccc(F)cc1. The van der Waals surface area contributed by atoms with Crippen molar-refractivity contribution in [2.75, 3.05) is 25.5 Å². The van der Waals surface area contributed by atoms with E-state index in [1.165, 1.54) is 36.2 Å². The molecule has 0 fully saturated rings. The molecule has 0 unspecified atom stereocenters. The first-order valence-electron chi connectivity index (χ1n) is 8.41. The summed E-state index contributed by atoms with van der Waals surface area (Å²) in [6, 6.07) is 10.7. The Morgan fingerprint density at radius 2 is 1.59 bits per heavy atom. The van der Waals surface area contributed by atoms with Crippen LogP contribution in [0.25, 0.3) is 0 Å². The van der Waals surface area contributed by atoms with Crippen LogP contribution in [0.5, 0.6) is 0 Å². The van der Waals surface area contributed by atoms with Crippen LogP contribution in [0.3, 0.4) is 0 Å². The number of aryl methyl sites for hydroxylation is 2. The lowest BCUT2D eigenvalue weighted by atomic mass is 10.1. The average molecular weight is 371 g/mol. The van der Waals surface area contributed by atoms with Crippen LogP contribution in [-0.2, 0) is 9.59 Å². The number of likely N-dealkylation sites (N-methyl/N-ethyl adjacent to an activating group) is 1. The Morgan fingerprint density at radius 3 is 2.19 bits per heavy atom. The van der Waals surface area contributed by atoms with Crippen molar-refractivity contribution >= 4 is 23.4 Å². The lowest BCUT2D eigenvalue weighted by Crippen LogP contribution is -2.41. The van der Waals surface area contributed by atoms with Crippen molar-refractivity contribution in [1.29, 1.82) is 0 Å². The molecule has 0 atom stereocenters. The first kappa shape index (κ1) is 20.1. The minimum absolute atomic E-state index is 0.140. The van der Waals surface area contributed by atoms with Crippen molar-refractivity contribution in [2.45, 2.75) is 13.8 Å². The third-order valence-corrected chi connectivity index (χ3v) is 4.06. The lowest BCUT2D eigenvalue weighted by Gasteiger charge is -2.18. The Morgan fingerprint density at radius 1 is 1.00 bits per heavy atom. The summed E-state index contributed by atoms with van der Waals surface area (Å²) in [5, 5.41) is 5.26. The molecule has 2 rings (SSSR count). The van der Waals surface area contributed by atoms with Crippen molar-refractivity contribution in [3.05, 3.63) is 65.0 Å². The van der Waals surface area contributed by atoms with Crippen molar-refractivity contribution in [1.82, 2.24) is 10.2 Å². The second-order valence-corrected chi connectivity index (χ2v) is 6.25. The van der Waals surface area contributed by atoms with E-state index in [2.05, 4.69) is 10.6 Å². The van der Waals surface area contributed by atoms with Gasteiger partial charge in [-0.2, -0.15) is 0 Å². The van der Waals surface area contributed by atoms with Gasteiger partial charge >= 0.3 is 0 Å². The summed E-state index contributed by atoms with van der Waals surface area (Å²) < 4.78 is 12.9. The van der Waals surface area contributed by atoms with Crippen molar-refractivity contribution in [2.24, 2.45) is 0 Å². The van der Waals surface area contributed by atoms with E-state index in [0.717, 1.165) is 16.8 Å². The van der Waals surface area contributed by atoms with Gasteiger partial charge in [0.05, 0.1) is 13.1 Å². The highest BCUT2D eigenvalue weighted by atomic mass is 19.1. The smallest absolute Gasteiger partial charge is 0.251 e. The predicted octanol–water partition coefficient (Wildman–Crippen LogP) is 2.27. The molecule has 0 radical (unpaired) electrons. The highest BCUT2D eigenvalue weighted by molar-refractivity contribution is 5.98. The predicted molar refractivity (Wildman–Crippen MR) is 101 cm³/mol. The fourth-order valence-electron chi connectivity index (χ4n) is 2.49. The van der Waals surface area contributed by atoms with E-state index >= 15 is 0 Å². The molecule has 142 valence electrons. The molecule has 2 aromatic carbocycles. The highest BCUT2D eigenvalue weighted by Crippen LogP contribution is 2.19. The number of hydrogen-bond donors (Lipinski definition) is 2. The molecule has 0 aliphatic rings. The molecule has 0 aromatic heterocycles. The average Bonchev–Trinajstić information content (AvgIpc) is 2.63. The van der Waals surface area contributed by atoms with Gasteiger partial charge in [-0.3, -0.25) is 14.4 Å². The molecule has 2 N–H and O–H groups in total. The minimum atomic E-state index is -0.489. The Balaban J connectivity index is 1.85. The molecule has 0 aliphatic carbocycles. The molecule has 0 spiro atoms. The number of hydrogen-bond acceptors (Lipinski definition) is 3. The molecule has 0 saturated carbocycles. The van der Waals surface area contributed by atoms with Gasteiger partial charge in [0.1, 0.15) is 5.82 Å². The number of para-hydroxylation sites is 1. The van der Waals surface area contributed by atoms with E-state index < -0.39 is 17.6 Å². The number of carbonyl (C=O) groups excluding carboxylic acids is 3. The largest absolute Gasteiger partial charge is 0.343 e. The summed E-state index contributed by atoms with van der Waals surface area (Å²) in [4.78, 5) is 37.5. The van der Waals surface area contributed by atoms with Gasteiger partial charge in [0.25, 0.3) is 5.91 Å². The third-order valence-electron chi connectivity index (χ3n) is 4.06. The number of nitrogens with zero attached hydrogens (tertiary/aromatic N) is 1. The first-order valence-corrected chi connectivity index (χ1v) is 8.41. The molecule has 7 heteroatoms. The number of anilines is 1. The van der Waals surface area contributed by atoms with E-state index in [4.69, 9.17) is 0 Å². The minimum Gasteiger partial charge on any atom is -0.343 e. The molecule has 3 amide bonds. The number of carbonyl (C=O) groups is 3. The monoisotopic (exact) mass is 371 g/mol. The molecule has 2 aromatic rings. The van der Waals surface area contributed by atoms with E-state index in [9.17, 15) is 18.8 Å². The van der Waals surface area contributed by atoms with Gasteiger partial charge in [-0.1, -0.05) is 18.2 Å². The van der Waals surface area contributed by atoms with Gasteiger partial charge in [-0.15, -0.1) is 0 Å². The Labute approximate surface area is 157 Å². The topological polar surface area (TPSA) is 78.5 Å². The van der Waals surface area contributed by atoms with Crippen LogP contribution in [0.4, 0.5) is 10.1 Å². The summed E-state index contributed by atoms with van der Waals surface area (Å²) in [7, 11) is 1.48. The van der Waals surface area contributed by atoms with Crippen LogP contribution in [0.1, 0.15) is 21.5 Å². The molecule has 27 heavy (non-hydrogen) atoms. The lowest BCUT2D eigenvalue weighted by molar-refractivity contribution is -0.132. The fraction of sp³-hybridized carbons (Fsp3) is 0.250. The van der Waals surface area contributed by atoms with Crippen molar-refractivity contribution < 1.29 is 18.8 Å². The molecular weight excluding hydrogens is 349 g/mol. The summed E-state index contributed by atoms with van der Waals surface area (Å²) >= 11 is 0. The zero-order chi connectivity index (χ0) is 20.0. The van der Waals surface area contributed by atoms with Crippen LogP contribution in [-0.4, -0.2) is 42.8 Å². The highest BCUT2D eigenvalue weighted by Gasteiger charge is 2.15. The maximum absolute atomic E-state index is 12.9. The van der Waals surface area contributed by atoms with Crippen LogP contribution in [0, 0.1) is 19.7 Å². The molecule has 6 nitrogen and oxygen atoms in total.